The number of hydrogen-bond acceptors (Lipinski definition) is 3. The smallest absolute Gasteiger partial charge is 0.115 e. The quantitative estimate of drug-likeness (QED) is 0.345. The van der Waals surface area contributed by atoms with E-state index in [4.69, 9.17) is 0 Å². The van der Waals surface area contributed by atoms with Crippen LogP contribution in [0.3, 0.4) is 0 Å². The average Bonchev–Trinajstić information content (AvgIpc) is 3.47. The van der Waals surface area contributed by atoms with E-state index in [9.17, 15) is 5.11 Å². The lowest BCUT2D eigenvalue weighted by Crippen LogP contribution is -1.86. The molecule has 1 aliphatic rings. The fraction of sp³-hybridized carbons (Fsp3) is 0.185. The molecule has 2 aromatic carbocycles. The summed E-state index contributed by atoms with van der Waals surface area (Å²) in [5.74, 6) is 0.315. The van der Waals surface area contributed by atoms with Crippen molar-refractivity contribution >= 4 is 33.8 Å². The number of phenols is 1. The fourth-order valence-corrected chi connectivity index (χ4v) is 6.52. The number of rotatable bonds is 4. The molecule has 5 rings (SSSR count). The van der Waals surface area contributed by atoms with Gasteiger partial charge in [-0.05, 0) is 103 Å². The van der Waals surface area contributed by atoms with E-state index in [1.54, 1.807) is 12.1 Å². The van der Waals surface area contributed by atoms with Gasteiger partial charge in [0.15, 0.2) is 0 Å². The average molecular weight is 429 g/mol. The zero-order chi connectivity index (χ0) is 20.7. The van der Waals surface area contributed by atoms with E-state index in [-0.39, 0.29) is 0 Å². The second-order valence-electron chi connectivity index (χ2n) is 7.88. The largest absolute Gasteiger partial charge is 0.508 e. The Balaban J connectivity index is 1.56. The molecule has 0 fully saturated rings. The number of benzene rings is 2. The summed E-state index contributed by atoms with van der Waals surface area (Å²) in [6.45, 7) is 4.50. The summed E-state index contributed by atoms with van der Waals surface area (Å²) in [4.78, 5) is 5.42. The van der Waals surface area contributed by atoms with Crippen molar-refractivity contribution < 1.29 is 5.11 Å². The molecular weight excluding hydrogens is 404 g/mol. The maximum atomic E-state index is 9.60. The highest BCUT2D eigenvalue weighted by molar-refractivity contribution is 7.16. The molecule has 1 N–H and O–H groups in total. The minimum Gasteiger partial charge on any atom is -0.508 e. The van der Waals surface area contributed by atoms with E-state index in [2.05, 4.69) is 56.3 Å². The minimum atomic E-state index is 0.315. The first-order chi connectivity index (χ1) is 14.6. The van der Waals surface area contributed by atoms with Gasteiger partial charge in [0.2, 0.25) is 0 Å². The second kappa shape index (κ2) is 7.90. The first kappa shape index (κ1) is 19.3. The van der Waals surface area contributed by atoms with Gasteiger partial charge in [0.1, 0.15) is 5.75 Å². The van der Waals surface area contributed by atoms with Crippen LogP contribution in [0.25, 0.3) is 32.0 Å². The lowest BCUT2D eigenvalue weighted by molar-refractivity contribution is 0.475. The van der Waals surface area contributed by atoms with Gasteiger partial charge >= 0.3 is 0 Å². The maximum Gasteiger partial charge on any atom is 0.115 e. The Morgan fingerprint density at radius 2 is 1.17 bits per heavy atom. The van der Waals surface area contributed by atoms with Crippen LogP contribution in [0.4, 0.5) is 0 Å². The molecule has 0 spiro atoms. The van der Waals surface area contributed by atoms with Crippen molar-refractivity contribution in [3.63, 3.8) is 0 Å². The van der Waals surface area contributed by atoms with E-state index >= 15 is 0 Å². The molecule has 2 heterocycles. The van der Waals surface area contributed by atoms with Crippen molar-refractivity contribution in [3.8, 4) is 26.6 Å². The summed E-state index contributed by atoms with van der Waals surface area (Å²) >= 11 is 3.75. The molecule has 1 nitrogen and oxygen atoms in total. The fourth-order valence-electron chi connectivity index (χ4n) is 4.41. The third-order valence-electron chi connectivity index (χ3n) is 5.91. The van der Waals surface area contributed by atoms with Gasteiger partial charge in [-0.25, -0.2) is 0 Å². The van der Waals surface area contributed by atoms with E-state index < -0.39 is 0 Å². The van der Waals surface area contributed by atoms with Crippen LogP contribution in [0.2, 0.25) is 0 Å². The summed E-state index contributed by atoms with van der Waals surface area (Å²) in [6.07, 6.45) is 3.54. The van der Waals surface area contributed by atoms with Crippen molar-refractivity contribution in [2.75, 3.05) is 0 Å². The Kier molecular flexibility index (Phi) is 5.10. The van der Waals surface area contributed by atoms with Crippen LogP contribution >= 0.6 is 22.7 Å². The van der Waals surface area contributed by atoms with Crippen LogP contribution in [-0.2, 0) is 0 Å². The van der Waals surface area contributed by atoms with Gasteiger partial charge in [-0.1, -0.05) is 30.3 Å². The van der Waals surface area contributed by atoms with Crippen molar-refractivity contribution in [2.24, 2.45) is 0 Å². The van der Waals surface area contributed by atoms with E-state index in [1.165, 1.54) is 59.3 Å². The Bertz CT molecular complexity index is 1220. The second-order valence-corrected chi connectivity index (χ2v) is 10.4. The molecule has 1 aliphatic carbocycles. The molecule has 0 bridgehead atoms. The molecule has 0 atom stereocenters. The molecule has 0 saturated heterocycles. The molecule has 0 aliphatic heterocycles. The summed E-state index contributed by atoms with van der Waals surface area (Å²) in [5.41, 5.74) is 8.37. The lowest BCUT2D eigenvalue weighted by Gasteiger charge is -2.07. The van der Waals surface area contributed by atoms with Crippen LogP contribution in [-0.4, -0.2) is 5.11 Å². The van der Waals surface area contributed by atoms with Gasteiger partial charge < -0.3 is 5.11 Å². The Morgan fingerprint density at radius 3 is 1.70 bits per heavy atom. The van der Waals surface area contributed by atoms with Gasteiger partial charge in [-0.3, -0.25) is 0 Å². The zero-order valence-corrected chi connectivity index (χ0v) is 18.9. The highest BCUT2D eigenvalue weighted by atomic mass is 32.1. The van der Waals surface area contributed by atoms with Gasteiger partial charge in [0.05, 0.1) is 0 Å². The maximum absolute atomic E-state index is 9.60. The molecule has 30 heavy (non-hydrogen) atoms. The van der Waals surface area contributed by atoms with E-state index in [0.717, 1.165) is 12.8 Å². The first-order valence-corrected chi connectivity index (χ1v) is 12.0. The molecular formula is C27H24OS2. The zero-order valence-electron chi connectivity index (χ0n) is 17.2. The monoisotopic (exact) mass is 428 g/mol. The van der Waals surface area contributed by atoms with Crippen LogP contribution < -0.4 is 0 Å². The van der Waals surface area contributed by atoms with Crippen LogP contribution in [0, 0.1) is 13.8 Å². The number of aryl methyl sites for hydroxylation is 2. The standard InChI is InChI=1S/C27H24OS2/c1-17-24(15-26(29-17)19-7-4-3-5-8-19)22-9-6-10-23(22)25-16-27(30-18(25)2)20-11-13-21(28)14-12-20/h3-5,7-8,11-16,28H,6,9-10H2,1-2H3. The summed E-state index contributed by atoms with van der Waals surface area (Å²) < 4.78 is 0. The minimum absolute atomic E-state index is 0.315. The summed E-state index contributed by atoms with van der Waals surface area (Å²) in [7, 11) is 0. The highest BCUT2D eigenvalue weighted by Gasteiger charge is 2.23. The van der Waals surface area contributed by atoms with Crippen LogP contribution in [0.15, 0.2) is 66.7 Å². The van der Waals surface area contributed by atoms with Crippen molar-refractivity contribution in [2.45, 2.75) is 33.1 Å². The van der Waals surface area contributed by atoms with E-state index in [1.807, 2.05) is 34.8 Å². The first-order valence-electron chi connectivity index (χ1n) is 10.4. The lowest BCUT2D eigenvalue weighted by atomic mass is 9.96. The number of hydrogen-bond donors (Lipinski definition) is 1. The summed E-state index contributed by atoms with van der Waals surface area (Å²) in [6, 6.07) is 23.0. The molecule has 150 valence electrons. The number of aromatic hydroxyl groups is 1. The Labute approximate surface area is 186 Å². The molecule has 0 amide bonds. The molecule has 3 heteroatoms. The van der Waals surface area contributed by atoms with Gasteiger partial charge in [-0.15, -0.1) is 22.7 Å². The Morgan fingerprint density at radius 1 is 0.667 bits per heavy atom. The van der Waals surface area contributed by atoms with Crippen LogP contribution in [0.1, 0.15) is 40.1 Å². The molecule has 0 saturated carbocycles. The van der Waals surface area contributed by atoms with Crippen molar-refractivity contribution in [1.29, 1.82) is 0 Å². The Hall–Kier alpha value is -2.62. The third kappa shape index (κ3) is 3.53. The van der Waals surface area contributed by atoms with Gasteiger partial charge in [-0.2, -0.15) is 0 Å². The highest BCUT2D eigenvalue weighted by Crippen LogP contribution is 2.47. The summed E-state index contributed by atoms with van der Waals surface area (Å²) in [5, 5.41) is 9.60. The molecule has 4 aromatic rings. The van der Waals surface area contributed by atoms with Gasteiger partial charge in [0.25, 0.3) is 0 Å². The number of thiophene rings is 2. The number of phenolic OH excluding ortho intramolecular Hbond substituents is 1. The SMILES string of the molecule is Cc1sc(-c2ccccc2)cc1C1=C(c2cc(-c3ccc(O)cc3)sc2C)CCC1. The normalized spacial score (nSPS) is 13.9. The van der Waals surface area contributed by atoms with Crippen LogP contribution in [0.5, 0.6) is 5.75 Å². The topological polar surface area (TPSA) is 20.2 Å². The predicted molar refractivity (Wildman–Crippen MR) is 131 cm³/mol. The van der Waals surface area contributed by atoms with Gasteiger partial charge in [0, 0.05) is 19.5 Å². The van der Waals surface area contributed by atoms with E-state index in [0.29, 0.717) is 5.75 Å². The van der Waals surface area contributed by atoms with Crippen molar-refractivity contribution in [1.82, 2.24) is 0 Å². The third-order valence-corrected chi connectivity index (χ3v) is 8.11. The number of allylic oxidation sites excluding steroid dienone is 2. The molecule has 0 radical (unpaired) electrons. The molecule has 0 unspecified atom stereocenters. The predicted octanol–water partition coefficient (Wildman–Crippen LogP) is 8.56. The van der Waals surface area contributed by atoms with Crippen molar-refractivity contribution in [3.05, 3.63) is 87.6 Å². The molecule has 2 aromatic heterocycles.